The highest BCUT2D eigenvalue weighted by Gasteiger charge is 2.27. The lowest BCUT2D eigenvalue weighted by Gasteiger charge is -2.38. The molecule has 0 radical (unpaired) electrons. The molecule has 0 spiro atoms. The van der Waals surface area contributed by atoms with Crippen LogP contribution in [-0.2, 0) is 4.79 Å². The molecule has 132 valence electrons. The van der Waals surface area contributed by atoms with Gasteiger partial charge in [0.25, 0.3) is 5.91 Å². The molecule has 1 aromatic carbocycles. The standard InChI is InChI=1S/C19H27FN2O2/c20-16-6-5-7-18(14-16)24-15-19(23)22-12-8-17(9-13-22)21-10-3-1-2-4-11-21/h5-7,14,17H,1-4,8-13,15H2. The number of ether oxygens (including phenoxy) is 1. The number of amides is 1. The zero-order valence-corrected chi connectivity index (χ0v) is 14.3. The van der Waals surface area contributed by atoms with Gasteiger partial charge in [-0.3, -0.25) is 4.79 Å². The molecule has 0 bridgehead atoms. The average molecular weight is 334 g/mol. The van der Waals surface area contributed by atoms with Crippen LogP contribution in [0.25, 0.3) is 0 Å². The lowest BCUT2D eigenvalue weighted by atomic mass is 10.0. The molecule has 2 heterocycles. The molecule has 2 fully saturated rings. The second kappa shape index (κ2) is 8.47. The van der Waals surface area contributed by atoms with Crippen molar-refractivity contribution in [2.75, 3.05) is 32.8 Å². The first-order valence-electron chi connectivity index (χ1n) is 9.12. The predicted octanol–water partition coefficient (Wildman–Crippen LogP) is 3.07. The Morgan fingerprint density at radius 3 is 2.46 bits per heavy atom. The topological polar surface area (TPSA) is 32.8 Å². The van der Waals surface area contributed by atoms with E-state index in [1.807, 2.05) is 4.90 Å². The first kappa shape index (κ1) is 17.2. The Morgan fingerprint density at radius 2 is 1.79 bits per heavy atom. The van der Waals surface area contributed by atoms with Crippen LogP contribution in [0.4, 0.5) is 4.39 Å². The molecule has 2 saturated heterocycles. The molecule has 2 aliphatic rings. The van der Waals surface area contributed by atoms with E-state index in [9.17, 15) is 9.18 Å². The summed E-state index contributed by atoms with van der Waals surface area (Å²) < 4.78 is 18.5. The van der Waals surface area contributed by atoms with Gasteiger partial charge < -0.3 is 14.5 Å². The van der Waals surface area contributed by atoms with Gasteiger partial charge in [-0.25, -0.2) is 4.39 Å². The highest BCUT2D eigenvalue weighted by Crippen LogP contribution is 2.21. The second-order valence-electron chi connectivity index (χ2n) is 6.81. The molecular weight excluding hydrogens is 307 g/mol. The molecule has 1 amide bonds. The number of carbonyl (C=O) groups excluding carboxylic acids is 1. The van der Waals surface area contributed by atoms with Gasteiger partial charge in [-0.05, 0) is 50.9 Å². The van der Waals surface area contributed by atoms with Crippen LogP contribution in [0.5, 0.6) is 5.75 Å². The fourth-order valence-corrected chi connectivity index (χ4v) is 3.73. The van der Waals surface area contributed by atoms with E-state index >= 15 is 0 Å². The van der Waals surface area contributed by atoms with Gasteiger partial charge in [0.15, 0.2) is 6.61 Å². The van der Waals surface area contributed by atoms with Crippen molar-refractivity contribution in [2.45, 2.75) is 44.6 Å². The molecule has 0 N–H and O–H groups in total. The Kier molecular flexibility index (Phi) is 6.07. The Morgan fingerprint density at radius 1 is 1.08 bits per heavy atom. The predicted molar refractivity (Wildman–Crippen MR) is 91.5 cm³/mol. The molecule has 0 atom stereocenters. The summed E-state index contributed by atoms with van der Waals surface area (Å²) in [5, 5.41) is 0. The number of hydrogen-bond acceptors (Lipinski definition) is 3. The van der Waals surface area contributed by atoms with E-state index in [2.05, 4.69) is 4.90 Å². The molecule has 2 aliphatic heterocycles. The molecule has 24 heavy (non-hydrogen) atoms. The van der Waals surface area contributed by atoms with E-state index in [1.54, 1.807) is 12.1 Å². The average Bonchev–Trinajstić information content (AvgIpc) is 2.89. The highest BCUT2D eigenvalue weighted by molar-refractivity contribution is 5.77. The van der Waals surface area contributed by atoms with Crippen LogP contribution in [0.3, 0.4) is 0 Å². The minimum atomic E-state index is -0.349. The summed E-state index contributed by atoms with van der Waals surface area (Å²) >= 11 is 0. The van der Waals surface area contributed by atoms with E-state index in [-0.39, 0.29) is 18.3 Å². The Balaban J connectivity index is 1.43. The van der Waals surface area contributed by atoms with Crippen LogP contribution < -0.4 is 4.74 Å². The maximum atomic E-state index is 13.1. The number of carbonyl (C=O) groups is 1. The fourth-order valence-electron chi connectivity index (χ4n) is 3.73. The van der Waals surface area contributed by atoms with Crippen molar-refractivity contribution in [3.63, 3.8) is 0 Å². The molecule has 1 aromatic rings. The van der Waals surface area contributed by atoms with Crippen LogP contribution in [0, 0.1) is 5.82 Å². The van der Waals surface area contributed by atoms with Crippen LogP contribution in [0.1, 0.15) is 38.5 Å². The monoisotopic (exact) mass is 334 g/mol. The lowest BCUT2D eigenvalue weighted by Crippen LogP contribution is -2.48. The minimum Gasteiger partial charge on any atom is -0.484 e. The number of nitrogens with zero attached hydrogens (tertiary/aromatic N) is 2. The van der Waals surface area contributed by atoms with Gasteiger partial charge in [0.2, 0.25) is 0 Å². The maximum Gasteiger partial charge on any atom is 0.260 e. The summed E-state index contributed by atoms with van der Waals surface area (Å²) in [6.45, 7) is 4.00. The molecule has 5 heteroatoms. The van der Waals surface area contributed by atoms with Gasteiger partial charge in [0, 0.05) is 25.2 Å². The SMILES string of the molecule is O=C(COc1cccc(F)c1)N1CCC(N2CCCCCC2)CC1. The van der Waals surface area contributed by atoms with Crippen molar-refractivity contribution < 1.29 is 13.9 Å². The third-order valence-electron chi connectivity index (χ3n) is 5.13. The molecule has 0 unspecified atom stereocenters. The van der Waals surface area contributed by atoms with Gasteiger partial charge in [-0.1, -0.05) is 18.9 Å². The van der Waals surface area contributed by atoms with Crippen molar-refractivity contribution in [2.24, 2.45) is 0 Å². The molecular formula is C19H27FN2O2. The van der Waals surface area contributed by atoms with Crippen molar-refractivity contribution in [1.82, 2.24) is 9.80 Å². The number of rotatable bonds is 4. The molecule has 3 rings (SSSR count). The number of hydrogen-bond donors (Lipinski definition) is 0. The van der Waals surface area contributed by atoms with Crippen molar-refractivity contribution in [3.05, 3.63) is 30.1 Å². The second-order valence-corrected chi connectivity index (χ2v) is 6.81. The van der Waals surface area contributed by atoms with E-state index in [1.165, 1.54) is 50.9 Å². The van der Waals surface area contributed by atoms with Crippen LogP contribution >= 0.6 is 0 Å². The van der Waals surface area contributed by atoms with Gasteiger partial charge in [0.1, 0.15) is 11.6 Å². The summed E-state index contributed by atoms with van der Waals surface area (Å²) in [6.07, 6.45) is 7.41. The molecule has 4 nitrogen and oxygen atoms in total. The number of piperidine rings is 1. The van der Waals surface area contributed by atoms with Gasteiger partial charge >= 0.3 is 0 Å². The number of benzene rings is 1. The third-order valence-corrected chi connectivity index (χ3v) is 5.13. The first-order valence-corrected chi connectivity index (χ1v) is 9.12. The normalized spacial score (nSPS) is 20.6. The van der Waals surface area contributed by atoms with Crippen molar-refractivity contribution in [3.8, 4) is 5.75 Å². The Bertz CT molecular complexity index is 536. The first-order chi connectivity index (χ1) is 11.7. The van der Waals surface area contributed by atoms with Crippen LogP contribution in [0.15, 0.2) is 24.3 Å². The van der Waals surface area contributed by atoms with Gasteiger partial charge in [-0.2, -0.15) is 0 Å². The van der Waals surface area contributed by atoms with Crippen molar-refractivity contribution >= 4 is 5.91 Å². The van der Waals surface area contributed by atoms with Gasteiger partial charge in [-0.15, -0.1) is 0 Å². The van der Waals surface area contributed by atoms with Crippen molar-refractivity contribution in [1.29, 1.82) is 0 Å². The van der Waals surface area contributed by atoms with E-state index in [0.717, 1.165) is 25.9 Å². The molecule has 0 saturated carbocycles. The quantitative estimate of drug-likeness (QED) is 0.848. The van der Waals surface area contributed by atoms with E-state index < -0.39 is 0 Å². The number of likely N-dealkylation sites (tertiary alicyclic amines) is 2. The van der Waals surface area contributed by atoms with Crippen LogP contribution in [0.2, 0.25) is 0 Å². The largest absolute Gasteiger partial charge is 0.484 e. The smallest absolute Gasteiger partial charge is 0.260 e. The maximum absolute atomic E-state index is 13.1. The zero-order valence-electron chi connectivity index (χ0n) is 14.3. The summed E-state index contributed by atoms with van der Waals surface area (Å²) in [6, 6.07) is 6.54. The zero-order chi connectivity index (χ0) is 16.8. The fraction of sp³-hybridized carbons (Fsp3) is 0.632. The van der Waals surface area contributed by atoms with Crippen LogP contribution in [-0.4, -0.2) is 54.5 Å². The molecule has 0 aliphatic carbocycles. The summed E-state index contributed by atoms with van der Waals surface area (Å²) in [5.41, 5.74) is 0. The molecule has 0 aromatic heterocycles. The summed E-state index contributed by atoms with van der Waals surface area (Å²) in [5.74, 6) is 0.0505. The Labute approximate surface area is 143 Å². The minimum absolute atomic E-state index is 0.00595. The lowest BCUT2D eigenvalue weighted by molar-refractivity contribution is -0.135. The van der Waals surface area contributed by atoms with Gasteiger partial charge in [0.05, 0.1) is 0 Å². The third kappa shape index (κ3) is 4.69. The highest BCUT2D eigenvalue weighted by atomic mass is 19.1. The van der Waals surface area contributed by atoms with E-state index in [4.69, 9.17) is 4.74 Å². The Hall–Kier alpha value is -1.62. The number of halogens is 1. The van der Waals surface area contributed by atoms with E-state index in [0.29, 0.717) is 11.8 Å². The summed E-state index contributed by atoms with van der Waals surface area (Å²) in [4.78, 5) is 16.8. The summed E-state index contributed by atoms with van der Waals surface area (Å²) in [7, 11) is 0.